The molecule has 0 spiro atoms. The smallest absolute Gasteiger partial charge is 0.240 e. The molecular weight excluding hydrogens is 216 g/mol. The van der Waals surface area contributed by atoms with Gasteiger partial charge in [0.25, 0.3) is 0 Å². The molecule has 0 aromatic carbocycles. The quantitative estimate of drug-likeness (QED) is 0.427. The Bertz CT molecular complexity index is 319. The van der Waals surface area contributed by atoms with Gasteiger partial charge in [-0.25, -0.2) is 5.43 Å². The average Bonchev–Trinajstić information content (AvgIpc) is 2.57. The van der Waals surface area contributed by atoms with Crippen molar-refractivity contribution in [3.05, 3.63) is 0 Å². The molecule has 2 heterocycles. The summed E-state index contributed by atoms with van der Waals surface area (Å²) in [5.41, 5.74) is 2.78. The number of hydrogen-bond donors (Lipinski definition) is 4. The summed E-state index contributed by atoms with van der Waals surface area (Å²) in [6.07, 6.45) is -3.14. The van der Waals surface area contributed by atoms with E-state index in [1.54, 1.807) is 0 Å². The van der Waals surface area contributed by atoms with E-state index in [9.17, 15) is 15.0 Å². The third kappa shape index (κ3) is 1.94. The van der Waals surface area contributed by atoms with Crippen LogP contribution in [0.5, 0.6) is 0 Å². The zero-order chi connectivity index (χ0) is 11.7. The number of aliphatic hydroxyl groups is 3. The molecule has 2 aliphatic rings. The van der Waals surface area contributed by atoms with Crippen molar-refractivity contribution in [3.63, 3.8) is 0 Å². The van der Waals surface area contributed by atoms with Gasteiger partial charge < -0.3 is 20.1 Å². The summed E-state index contributed by atoms with van der Waals surface area (Å²) in [4.78, 5) is 10.9. The molecule has 16 heavy (non-hydrogen) atoms. The van der Waals surface area contributed by atoms with Crippen LogP contribution in [0.4, 0.5) is 0 Å². The van der Waals surface area contributed by atoms with E-state index in [4.69, 9.17) is 9.84 Å². The summed E-state index contributed by atoms with van der Waals surface area (Å²) in [6.45, 7) is -0.367. The lowest BCUT2D eigenvalue weighted by Gasteiger charge is -2.19. The van der Waals surface area contributed by atoms with Gasteiger partial charge >= 0.3 is 0 Å². The molecule has 0 aromatic rings. The Balaban J connectivity index is 2.08. The maximum Gasteiger partial charge on any atom is 0.240 e. The second-order valence-corrected chi connectivity index (χ2v) is 3.90. The van der Waals surface area contributed by atoms with E-state index in [1.807, 2.05) is 0 Å². The molecule has 0 aromatic heterocycles. The predicted octanol–water partition coefficient (Wildman–Crippen LogP) is -2.27. The van der Waals surface area contributed by atoms with Gasteiger partial charge in [0.2, 0.25) is 5.91 Å². The lowest BCUT2D eigenvalue weighted by molar-refractivity contribution is -0.121. The summed E-state index contributed by atoms with van der Waals surface area (Å²) in [5, 5.41) is 31.9. The average molecular weight is 230 g/mol. The molecule has 0 saturated carbocycles. The predicted molar refractivity (Wildman–Crippen MR) is 52.6 cm³/mol. The number of nitrogens with one attached hydrogen (secondary N) is 1. The number of rotatable bonds is 2. The molecule has 4 N–H and O–H groups in total. The fourth-order valence-electron chi connectivity index (χ4n) is 1.87. The fourth-order valence-corrected chi connectivity index (χ4v) is 1.87. The Hall–Kier alpha value is -1.02. The number of hydrogen-bond acceptors (Lipinski definition) is 6. The minimum atomic E-state index is -1.13. The van der Waals surface area contributed by atoms with Gasteiger partial charge in [0, 0.05) is 6.42 Å². The second-order valence-electron chi connectivity index (χ2n) is 3.90. The Morgan fingerprint density at radius 2 is 2.12 bits per heavy atom. The van der Waals surface area contributed by atoms with Crippen molar-refractivity contribution in [1.82, 2.24) is 5.43 Å². The van der Waals surface area contributed by atoms with E-state index < -0.39 is 24.4 Å². The Morgan fingerprint density at radius 1 is 1.38 bits per heavy atom. The number of nitrogens with zero attached hydrogens (tertiary/aromatic N) is 1. The van der Waals surface area contributed by atoms with Crippen LogP contribution in [-0.4, -0.2) is 58.0 Å². The summed E-state index contributed by atoms with van der Waals surface area (Å²) in [5.74, 6) is -0.185. The SMILES string of the molecule is O=C1CCC([C@@H]2O[C@H](CO)[C@@H](O)[C@H]2O)=NN1. The molecule has 7 heteroatoms. The van der Waals surface area contributed by atoms with Gasteiger partial charge in [0.15, 0.2) is 0 Å². The first kappa shape index (κ1) is 11.5. The highest BCUT2D eigenvalue weighted by Gasteiger charge is 2.45. The molecule has 0 bridgehead atoms. The largest absolute Gasteiger partial charge is 0.394 e. The van der Waals surface area contributed by atoms with Gasteiger partial charge in [-0.3, -0.25) is 4.79 Å². The first-order valence-corrected chi connectivity index (χ1v) is 5.11. The van der Waals surface area contributed by atoms with Crippen LogP contribution < -0.4 is 5.43 Å². The molecule has 4 atom stereocenters. The number of amides is 1. The van der Waals surface area contributed by atoms with E-state index in [2.05, 4.69) is 10.5 Å². The Morgan fingerprint density at radius 3 is 2.62 bits per heavy atom. The second kappa shape index (κ2) is 4.46. The summed E-state index contributed by atoms with van der Waals surface area (Å²) >= 11 is 0. The summed E-state index contributed by atoms with van der Waals surface area (Å²) in [7, 11) is 0. The van der Waals surface area contributed by atoms with Gasteiger partial charge in [-0.15, -0.1) is 0 Å². The maximum absolute atomic E-state index is 10.9. The van der Waals surface area contributed by atoms with Crippen molar-refractivity contribution < 1.29 is 24.9 Å². The van der Waals surface area contributed by atoms with Crippen LogP contribution >= 0.6 is 0 Å². The van der Waals surface area contributed by atoms with E-state index in [0.29, 0.717) is 12.1 Å². The number of hydrazone groups is 1. The van der Waals surface area contributed by atoms with Crippen molar-refractivity contribution in [2.24, 2.45) is 5.10 Å². The van der Waals surface area contributed by atoms with E-state index in [1.165, 1.54) is 0 Å². The molecule has 7 nitrogen and oxygen atoms in total. The van der Waals surface area contributed by atoms with Gasteiger partial charge in [-0.05, 0) is 6.42 Å². The number of carbonyl (C=O) groups excluding carboxylic acids is 1. The van der Waals surface area contributed by atoms with Crippen LogP contribution in [0.25, 0.3) is 0 Å². The lowest BCUT2D eigenvalue weighted by Crippen LogP contribution is -2.40. The monoisotopic (exact) mass is 230 g/mol. The standard InChI is InChI=1S/C9H14N2O5/c12-3-5-7(14)8(15)9(16-5)4-1-2-6(13)11-10-4/h5,7-9,12,14-15H,1-3H2,(H,11,13)/t5-,7-,8-,9+/m1/s1. The van der Waals surface area contributed by atoms with Crippen molar-refractivity contribution in [2.45, 2.75) is 37.3 Å². The highest BCUT2D eigenvalue weighted by molar-refractivity contribution is 5.95. The van der Waals surface area contributed by atoms with Gasteiger partial charge in [-0.1, -0.05) is 0 Å². The molecule has 0 aliphatic carbocycles. The summed E-state index contributed by atoms with van der Waals surface area (Å²) < 4.78 is 5.28. The summed E-state index contributed by atoms with van der Waals surface area (Å²) in [6, 6.07) is 0. The molecule has 2 rings (SSSR count). The van der Waals surface area contributed by atoms with Crippen molar-refractivity contribution >= 4 is 11.6 Å². The molecule has 2 aliphatic heterocycles. The zero-order valence-electron chi connectivity index (χ0n) is 8.54. The molecule has 1 saturated heterocycles. The van der Waals surface area contributed by atoms with Crippen molar-refractivity contribution in [3.8, 4) is 0 Å². The fraction of sp³-hybridized carbons (Fsp3) is 0.778. The van der Waals surface area contributed by atoms with E-state index in [-0.39, 0.29) is 18.9 Å². The molecule has 0 radical (unpaired) electrons. The minimum absolute atomic E-state index is 0.185. The molecule has 0 unspecified atom stereocenters. The van der Waals surface area contributed by atoms with Crippen molar-refractivity contribution in [2.75, 3.05) is 6.61 Å². The Labute approximate surface area is 91.7 Å². The van der Waals surface area contributed by atoms with Gasteiger partial charge in [0.1, 0.15) is 24.4 Å². The van der Waals surface area contributed by atoms with Crippen LogP contribution in [0.2, 0.25) is 0 Å². The van der Waals surface area contributed by atoms with Crippen LogP contribution in [0, 0.1) is 0 Å². The Kier molecular flexibility index (Phi) is 3.20. The highest BCUT2D eigenvalue weighted by Crippen LogP contribution is 2.24. The number of ether oxygens (including phenoxy) is 1. The van der Waals surface area contributed by atoms with Gasteiger partial charge in [-0.2, -0.15) is 5.10 Å². The third-order valence-electron chi connectivity index (χ3n) is 2.80. The van der Waals surface area contributed by atoms with Crippen LogP contribution in [0.15, 0.2) is 5.10 Å². The molecule has 1 fully saturated rings. The number of carbonyl (C=O) groups is 1. The zero-order valence-corrected chi connectivity index (χ0v) is 8.54. The van der Waals surface area contributed by atoms with Gasteiger partial charge in [0.05, 0.1) is 12.3 Å². The molecule has 90 valence electrons. The van der Waals surface area contributed by atoms with Crippen molar-refractivity contribution in [1.29, 1.82) is 0 Å². The molecule has 1 amide bonds. The number of aliphatic hydroxyl groups excluding tert-OH is 3. The van der Waals surface area contributed by atoms with E-state index >= 15 is 0 Å². The minimum Gasteiger partial charge on any atom is -0.394 e. The lowest BCUT2D eigenvalue weighted by atomic mass is 10.0. The van der Waals surface area contributed by atoms with Crippen LogP contribution in [0.3, 0.4) is 0 Å². The van der Waals surface area contributed by atoms with Crippen LogP contribution in [0.1, 0.15) is 12.8 Å². The topological polar surface area (TPSA) is 111 Å². The molecular formula is C9H14N2O5. The first-order chi connectivity index (χ1) is 7.63. The maximum atomic E-state index is 10.9. The normalized spacial score (nSPS) is 39.4. The van der Waals surface area contributed by atoms with Crippen LogP contribution in [-0.2, 0) is 9.53 Å². The third-order valence-corrected chi connectivity index (χ3v) is 2.80. The first-order valence-electron chi connectivity index (χ1n) is 5.11. The highest BCUT2D eigenvalue weighted by atomic mass is 16.6. The van der Waals surface area contributed by atoms with E-state index in [0.717, 1.165) is 0 Å².